The summed E-state index contributed by atoms with van der Waals surface area (Å²) in [5, 5.41) is 9.19. The van der Waals surface area contributed by atoms with Crippen LogP contribution in [0.5, 0.6) is 0 Å². The second kappa shape index (κ2) is 7.26. The molecule has 3 aromatic rings. The fourth-order valence-electron chi connectivity index (χ4n) is 2.62. The summed E-state index contributed by atoms with van der Waals surface area (Å²) in [5.74, 6) is -1.12. The Kier molecular flexibility index (Phi) is 5.22. The van der Waals surface area contributed by atoms with Crippen molar-refractivity contribution in [3.05, 3.63) is 65.0 Å². The lowest BCUT2D eigenvalue weighted by molar-refractivity contribution is 0.0702. The van der Waals surface area contributed by atoms with Crippen LogP contribution in [0.4, 0.5) is 0 Å². The highest BCUT2D eigenvalue weighted by Gasteiger charge is 2.26. The monoisotopic (exact) mass is 404 g/mol. The summed E-state index contributed by atoms with van der Waals surface area (Å²) in [6.07, 6.45) is 1.74. The van der Waals surface area contributed by atoms with Crippen LogP contribution in [0.25, 0.3) is 11.1 Å². The van der Waals surface area contributed by atoms with Gasteiger partial charge in [0.2, 0.25) is 9.84 Å². The molecule has 4 nitrogen and oxygen atoms in total. The molecule has 0 fully saturated rings. The van der Waals surface area contributed by atoms with Gasteiger partial charge >= 0.3 is 5.97 Å². The van der Waals surface area contributed by atoms with Crippen LogP contribution < -0.4 is 0 Å². The molecule has 1 N–H and O–H groups in total. The Morgan fingerprint density at radius 2 is 1.77 bits per heavy atom. The lowest BCUT2D eigenvalue weighted by Crippen LogP contribution is -2.03. The molecule has 0 unspecified atom stereocenters. The van der Waals surface area contributed by atoms with Crippen molar-refractivity contribution in [1.82, 2.24) is 0 Å². The minimum atomic E-state index is -3.82. The summed E-state index contributed by atoms with van der Waals surface area (Å²) in [7, 11) is -3.82. The average molecular weight is 405 g/mol. The molecule has 0 saturated heterocycles. The summed E-state index contributed by atoms with van der Waals surface area (Å²) in [4.78, 5) is 11.5. The molecule has 0 amide bonds. The van der Waals surface area contributed by atoms with Gasteiger partial charge < -0.3 is 5.11 Å². The predicted molar refractivity (Wildman–Crippen MR) is 105 cm³/mol. The Labute approximate surface area is 160 Å². The van der Waals surface area contributed by atoms with Crippen LogP contribution in [0.1, 0.15) is 15.2 Å². The highest BCUT2D eigenvalue weighted by Crippen LogP contribution is 2.38. The van der Waals surface area contributed by atoms with E-state index in [4.69, 9.17) is 0 Å². The first kappa shape index (κ1) is 18.7. The van der Waals surface area contributed by atoms with Crippen molar-refractivity contribution in [3.63, 3.8) is 0 Å². The van der Waals surface area contributed by atoms with Crippen molar-refractivity contribution >= 4 is 38.9 Å². The number of carbonyl (C=O) groups is 1. The lowest BCUT2D eigenvalue weighted by Gasteiger charge is -2.10. The van der Waals surface area contributed by atoms with Crippen molar-refractivity contribution in [1.29, 1.82) is 0 Å². The number of aromatic carboxylic acids is 1. The quantitative estimate of drug-likeness (QED) is 0.608. The standard InChI is InChI=1S/C19H16O4S3/c1-12-8-9-14(10-15(12)13-6-4-3-5-7-13)26(22,23)17-11-16(18(20)21)25-19(17)24-2/h3-11H,1-2H3,(H,20,21). The first-order valence-corrected chi connectivity index (χ1v) is 11.2. The number of carboxylic acid groups (broad SMARTS) is 1. The molecule has 0 bridgehead atoms. The predicted octanol–water partition coefficient (Wildman–Crippen LogP) is 4.98. The number of sulfone groups is 1. The molecule has 0 atom stereocenters. The Morgan fingerprint density at radius 1 is 1.08 bits per heavy atom. The maximum absolute atomic E-state index is 13.1. The third-order valence-electron chi connectivity index (χ3n) is 3.96. The van der Waals surface area contributed by atoms with Crippen LogP contribution in [-0.2, 0) is 9.84 Å². The molecule has 0 spiro atoms. The van der Waals surface area contributed by atoms with Crippen LogP contribution in [0.2, 0.25) is 0 Å². The minimum absolute atomic E-state index is 0.0170. The minimum Gasteiger partial charge on any atom is -0.477 e. The van der Waals surface area contributed by atoms with Crippen LogP contribution in [0, 0.1) is 6.92 Å². The zero-order valence-corrected chi connectivity index (χ0v) is 16.5. The first-order valence-electron chi connectivity index (χ1n) is 7.67. The normalized spacial score (nSPS) is 11.5. The first-order chi connectivity index (χ1) is 12.3. The molecule has 26 heavy (non-hydrogen) atoms. The Bertz CT molecular complexity index is 1070. The van der Waals surface area contributed by atoms with Crippen molar-refractivity contribution < 1.29 is 18.3 Å². The molecule has 134 valence electrons. The summed E-state index contributed by atoms with van der Waals surface area (Å²) in [6, 6.07) is 15.8. The molecule has 1 aromatic heterocycles. The average Bonchev–Trinajstić information content (AvgIpc) is 3.08. The van der Waals surface area contributed by atoms with Gasteiger partial charge in [-0.05, 0) is 48.1 Å². The molecule has 2 aromatic carbocycles. The molecule has 0 saturated carbocycles. The van der Waals surface area contributed by atoms with Gasteiger partial charge in [-0.25, -0.2) is 13.2 Å². The highest BCUT2D eigenvalue weighted by atomic mass is 32.2. The number of thioether (sulfide) groups is 1. The van der Waals surface area contributed by atoms with E-state index in [1.165, 1.54) is 17.8 Å². The molecule has 0 aliphatic rings. The van der Waals surface area contributed by atoms with E-state index < -0.39 is 15.8 Å². The van der Waals surface area contributed by atoms with Gasteiger partial charge in [-0.2, -0.15) is 0 Å². The van der Waals surface area contributed by atoms with Crippen molar-refractivity contribution in [2.45, 2.75) is 20.9 Å². The van der Waals surface area contributed by atoms with Crippen molar-refractivity contribution in [3.8, 4) is 11.1 Å². The Morgan fingerprint density at radius 3 is 2.38 bits per heavy atom. The molecule has 1 heterocycles. The van der Waals surface area contributed by atoms with Gasteiger partial charge in [0.05, 0.1) is 14.0 Å². The third-order valence-corrected chi connectivity index (χ3v) is 8.25. The van der Waals surface area contributed by atoms with E-state index in [1.807, 2.05) is 37.3 Å². The van der Waals surface area contributed by atoms with Gasteiger partial charge in [0.25, 0.3) is 0 Å². The second-order valence-electron chi connectivity index (χ2n) is 5.62. The van der Waals surface area contributed by atoms with E-state index >= 15 is 0 Å². The SMILES string of the molecule is CSc1sc(C(=O)O)cc1S(=O)(=O)c1ccc(C)c(-c2ccccc2)c1. The van der Waals surface area contributed by atoms with Crippen LogP contribution >= 0.6 is 23.1 Å². The van der Waals surface area contributed by atoms with Gasteiger partial charge in [0.15, 0.2) is 0 Å². The van der Waals surface area contributed by atoms with Crippen molar-refractivity contribution in [2.75, 3.05) is 6.26 Å². The number of benzene rings is 2. The summed E-state index contributed by atoms with van der Waals surface area (Å²) >= 11 is 2.21. The number of rotatable bonds is 5. The van der Waals surface area contributed by atoms with Crippen LogP contribution in [0.3, 0.4) is 0 Å². The molecule has 7 heteroatoms. The highest BCUT2D eigenvalue weighted by molar-refractivity contribution is 8.01. The summed E-state index contributed by atoms with van der Waals surface area (Å²) < 4.78 is 26.8. The smallest absolute Gasteiger partial charge is 0.345 e. The fourth-order valence-corrected chi connectivity index (χ4v) is 6.48. The molecule has 0 radical (unpaired) electrons. The lowest BCUT2D eigenvalue weighted by atomic mass is 10.0. The number of hydrogen-bond acceptors (Lipinski definition) is 5. The van der Waals surface area contributed by atoms with Gasteiger partial charge in [-0.1, -0.05) is 36.4 Å². The summed E-state index contributed by atoms with van der Waals surface area (Å²) in [6.45, 7) is 1.93. The van der Waals surface area contributed by atoms with Gasteiger partial charge in [-0.15, -0.1) is 23.1 Å². The largest absolute Gasteiger partial charge is 0.477 e. The fraction of sp³-hybridized carbons (Fsp3) is 0.105. The van der Waals surface area contributed by atoms with E-state index in [-0.39, 0.29) is 14.7 Å². The van der Waals surface area contributed by atoms with E-state index in [0.717, 1.165) is 28.0 Å². The van der Waals surface area contributed by atoms with Gasteiger partial charge in [0.1, 0.15) is 4.88 Å². The van der Waals surface area contributed by atoms with Crippen LogP contribution in [-0.4, -0.2) is 25.7 Å². The molecule has 0 aliphatic carbocycles. The van der Waals surface area contributed by atoms with E-state index in [2.05, 4.69) is 0 Å². The Balaban J connectivity index is 2.16. The zero-order valence-electron chi connectivity index (χ0n) is 14.1. The maximum atomic E-state index is 13.1. The molecular formula is C19H16O4S3. The van der Waals surface area contributed by atoms with Crippen molar-refractivity contribution in [2.24, 2.45) is 0 Å². The molecule has 0 aliphatic heterocycles. The van der Waals surface area contributed by atoms with E-state index in [1.54, 1.807) is 24.5 Å². The topological polar surface area (TPSA) is 71.4 Å². The van der Waals surface area contributed by atoms with Gasteiger partial charge in [-0.3, -0.25) is 0 Å². The zero-order chi connectivity index (χ0) is 18.9. The van der Waals surface area contributed by atoms with Gasteiger partial charge in [0, 0.05) is 0 Å². The number of carboxylic acids is 1. The van der Waals surface area contributed by atoms with E-state index in [9.17, 15) is 18.3 Å². The third kappa shape index (κ3) is 3.42. The number of hydrogen-bond donors (Lipinski definition) is 1. The second-order valence-corrected chi connectivity index (χ2v) is 9.66. The molecular weight excluding hydrogens is 388 g/mol. The Hall–Kier alpha value is -2.09. The number of thiophene rings is 1. The molecule has 3 rings (SSSR count). The maximum Gasteiger partial charge on any atom is 0.345 e. The summed E-state index contributed by atoms with van der Waals surface area (Å²) in [5.41, 5.74) is 2.74. The number of aryl methyl sites for hydroxylation is 1. The van der Waals surface area contributed by atoms with Crippen LogP contribution in [0.15, 0.2) is 68.6 Å². The van der Waals surface area contributed by atoms with E-state index in [0.29, 0.717) is 4.21 Å².